The molecule has 5 aromatic rings. The van der Waals surface area contributed by atoms with E-state index in [0.717, 1.165) is 6.07 Å². The number of rotatable bonds is 7. The van der Waals surface area contributed by atoms with Crippen molar-refractivity contribution in [2.24, 2.45) is 11.8 Å². The number of nitrogens with zero attached hydrogens (tertiary/aromatic N) is 2. The van der Waals surface area contributed by atoms with Gasteiger partial charge in [-0.3, -0.25) is 4.98 Å². The molecule has 0 amide bonds. The predicted octanol–water partition coefficient (Wildman–Crippen LogP) is 9.29. The van der Waals surface area contributed by atoms with Crippen molar-refractivity contribution in [3.63, 3.8) is 0 Å². The van der Waals surface area contributed by atoms with E-state index in [1.165, 1.54) is 12.1 Å². The van der Waals surface area contributed by atoms with Crippen molar-refractivity contribution in [2.75, 3.05) is 13.1 Å². The number of para-hydroxylation sites is 1. The molecule has 3 aliphatic rings. The Labute approximate surface area is 335 Å². The van der Waals surface area contributed by atoms with E-state index < -0.39 is 70.2 Å². The quantitative estimate of drug-likeness (QED) is 0.101. The summed E-state index contributed by atoms with van der Waals surface area (Å²) in [5.74, 6) is 0.0589. The number of hydrogen-bond donors (Lipinski definition) is 1. The summed E-state index contributed by atoms with van der Waals surface area (Å²) in [5, 5.41) is 12.9. The van der Waals surface area contributed by atoms with E-state index in [-0.39, 0.29) is 68.7 Å². The van der Waals surface area contributed by atoms with Crippen LogP contribution >= 0.6 is 0 Å². The van der Waals surface area contributed by atoms with Gasteiger partial charge >= 0.3 is 24.7 Å². The molecule has 3 aliphatic heterocycles. The van der Waals surface area contributed by atoms with Gasteiger partial charge in [-0.05, 0) is 100 Å². The van der Waals surface area contributed by atoms with E-state index in [9.17, 15) is 57.8 Å². The maximum atomic E-state index is 14.0. The van der Waals surface area contributed by atoms with E-state index in [2.05, 4.69) is 11.6 Å². The van der Waals surface area contributed by atoms with E-state index in [4.69, 9.17) is 0 Å². The van der Waals surface area contributed by atoms with Crippen LogP contribution in [0.25, 0.3) is 33.2 Å². The van der Waals surface area contributed by atoms with Crippen LogP contribution in [0, 0.1) is 11.8 Å². The second-order valence-corrected chi connectivity index (χ2v) is 14.9. The predicted molar refractivity (Wildman–Crippen MR) is 188 cm³/mol. The van der Waals surface area contributed by atoms with Crippen LogP contribution in [0.15, 0.2) is 104 Å². The summed E-state index contributed by atoms with van der Waals surface area (Å²) < 4.78 is 168. The lowest BCUT2D eigenvalue weighted by Crippen LogP contribution is -3.00. The lowest BCUT2D eigenvalue weighted by molar-refractivity contribution is -0.984. The Balaban J connectivity index is 0.00000567. The molecule has 2 bridgehead atoms. The number of fused-ring (bicyclic) bond motifs is 4. The first-order chi connectivity index (χ1) is 26.6. The monoisotopic (exact) mass is 888 g/mol. The molecule has 0 radical (unpaired) electrons. The number of pyridine rings is 1. The number of quaternary nitrogens is 1. The summed E-state index contributed by atoms with van der Waals surface area (Å²) in [6, 6.07) is 13.6. The normalized spacial score (nSPS) is 21.8. The average molecular weight is 890 g/mol. The molecule has 1 aromatic heterocycles. The summed E-state index contributed by atoms with van der Waals surface area (Å²) in [6.07, 6.45) is -17.6. The zero-order chi connectivity index (χ0) is 41.3. The lowest BCUT2D eigenvalue weighted by atomic mass is 9.71. The topological polar surface area (TPSA) is 33.1 Å². The molecule has 308 valence electrons. The van der Waals surface area contributed by atoms with Crippen LogP contribution in [0.4, 0.5) is 52.7 Å². The Hall–Kier alpha value is -4.41. The van der Waals surface area contributed by atoms with E-state index in [0.29, 0.717) is 66.7 Å². The molecule has 0 saturated carbocycles. The van der Waals surface area contributed by atoms with Gasteiger partial charge in [-0.25, -0.2) is 0 Å². The highest BCUT2D eigenvalue weighted by molar-refractivity contribution is 5.82. The zero-order valence-electron chi connectivity index (χ0n) is 30.0. The van der Waals surface area contributed by atoms with Gasteiger partial charge in [-0.15, -0.1) is 6.58 Å². The second kappa shape index (κ2) is 15.3. The molecular formula is C42H33BrF12N2O. The molecule has 4 unspecified atom stereocenters. The second-order valence-electron chi connectivity index (χ2n) is 14.9. The average Bonchev–Trinajstić information content (AvgIpc) is 3.15. The molecule has 5 atom stereocenters. The maximum Gasteiger partial charge on any atom is 0.416 e. The van der Waals surface area contributed by atoms with Crippen LogP contribution < -0.4 is 17.0 Å². The molecule has 0 aliphatic carbocycles. The molecule has 58 heavy (non-hydrogen) atoms. The van der Waals surface area contributed by atoms with Crippen LogP contribution in [0.5, 0.6) is 0 Å². The van der Waals surface area contributed by atoms with Crippen LogP contribution in [0.2, 0.25) is 0 Å². The van der Waals surface area contributed by atoms with E-state index in [1.807, 2.05) is 0 Å². The molecule has 3 nitrogen and oxygen atoms in total. The van der Waals surface area contributed by atoms with Crippen molar-refractivity contribution in [1.29, 1.82) is 0 Å². The summed E-state index contributed by atoms with van der Waals surface area (Å²) in [6.45, 7) is 4.82. The van der Waals surface area contributed by atoms with Gasteiger partial charge in [0.25, 0.3) is 0 Å². The fourth-order valence-corrected chi connectivity index (χ4v) is 8.69. The maximum absolute atomic E-state index is 14.0. The Morgan fingerprint density at radius 1 is 0.690 bits per heavy atom. The Kier molecular flexibility index (Phi) is 11.4. The Morgan fingerprint density at radius 3 is 1.66 bits per heavy atom. The van der Waals surface area contributed by atoms with E-state index >= 15 is 0 Å². The SMILES string of the molecule is C=CC1C[N@+]2(Cc3cc(-c4cc(C(F)(F)F)cc(C(F)(F)F)c4)cc(-c4cc(C(F)(F)F)cc(C(F)(F)F)c4)c3)CCC1CC2C(O)c1ccnc2ccccc12.[Br-]. The smallest absolute Gasteiger partial charge is 0.416 e. The minimum Gasteiger partial charge on any atom is -1.00 e. The van der Waals surface area contributed by atoms with Crippen LogP contribution in [0.1, 0.15) is 52.3 Å². The molecule has 4 heterocycles. The highest BCUT2D eigenvalue weighted by Crippen LogP contribution is 2.49. The van der Waals surface area contributed by atoms with Crippen LogP contribution in [-0.2, 0) is 31.2 Å². The summed E-state index contributed by atoms with van der Waals surface area (Å²) in [5.41, 5.74) is -7.02. The van der Waals surface area contributed by atoms with Crippen molar-refractivity contribution < 1.29 is 79.3 Å². The lowest BCUT2D eigenvalue weighted by Gasteiger charge is -2.58. The fraction of sp³-hybridized carbons (Fsp3) is 0.310. The molecule has 8 rings (SSSR count). The third-order valence-electron chi connectivity index (χ3n) is 11.4. The third-order valence-corrected chi connectivity index (χ3v) is 11.4. The van der Waals surface area contributed by atoms with Crippen molar-refractivity contribution in [3.8, 4) is 22.3 Å². The number of aromatic nitrogens is 1. The van der Waals surface area contributed by atoms with Crippen molar-refractivity contribution >= 4 is 10.9 Å². The highest BCUT2D eigenvalue weighted by atomic mass is 79.9. The molecular weight excluding hydrogens is 856 g/mol. The first-order valence-corrected chi connectivity index (χ1v) is 17.8. The molecule has 16 heteroatoms. The van der Waals surface area contributed by atoms with Gasteiger partial charge in [-0.2, -0.15) is 52.7 Å². The number of aliphatic hydroxyl groups excluding tert-OH is 1. The highest BCUT2D eigenvalue weighted by Gasteiger charge is 2.54. The van der Waals surface area contributed by atoms with Crippen molar-refractivity contribution in [3.05, 3.63) is 137 Å². The summed E-state index contributed by atoms with van der Waals surface area (Å²) in [7, 11) is 0. The number of hydrogen-bond acceptors (Lipinski definition) is 2. The van der Waals surface area contributed by atoms with Crippen LogP contribution in [-0.4, -0.2) is 33.7 Å². The fourth-order valence-electron chi connectivity index (χ4n) is 8.69. The standard InChI is InChI=1S/C42H33F12N2O.BrH/c1-2-24-22-56(10-8-25(24)18-37(56)38(57)35-7-9-55-36-6-4-3-5-34(35)36)21-23-11-26(28-14-30(39(43,44)45)19-31(15-28)40(46,47)48)13-27(12-23)29-16-32(41(49,50)51)20-33(17-29)42(52,53)54;/h2-7,9,11-17,19-20,24-25,37-38,57H,1,8,10,18,21-22H2;1H/q+1;/p-1/t24?,25?,37?,38?,56-;/m1./s1. The minimum absolute atomic E-state index is 0. The molecule has 4 aromatic carbocycles. The van der Waals surface area contributed by atoms with E-state index in [1.54, 1.807) is 42.6 Å². The zero-order valence-corrected chi connectivity index (χ0v) is 31.6. The largest absolute Gasteiger partial charge is 1.00 e. The molecule has 0 spiro atoms. The number of benzene rings is 4. The molecule has 3 fully saturated rings. The van der Waals surface area contributed by atoms with Gasteiger partial charge in [0.15, 0.2) is 0 Å². The summed E-state index contributed by atoms with van der Waals surface area (Å²) in [4.78, 5) is 4.38. The first-order valence-electron chi connectivity index (χ1n) is 17.8. The minimum atomic E-state index is -5.24. The van der Waals surface area contributed by atoms with Crippen molar-refractivity contribution in [2.45, 2.75) is 56.2 Å². The van der Waals surface area contributed by atoms with Gasteiger partial charge in [0.2, 0.25) is 0 Å². The Bertz CT molecular complexity index is 2170. The van der Waals surface area contributed by atoms with Gasteiger partial charge < -0.3 is 26.6 Å². The van der Waals surface area contributed by atoms with Gasteiger partial charge in [0, 0.05) is 35.9 Å². The number of piperidine rings is 3. The van der Waals surface area contributed by atoms with Gasteiger partial charge in [0.05, 0.1) is 40.9 Å². The van der Waals surface area contributed by atoms with Gasteiger partial charge in [-0.1, -0.05) is 24.3 Å². The Morgan fingerprint density at radius 2 is 1.17 bits per heavy atom. The summed E-state index contributed by atoms with van der Waals surface area (Å²) >= 11 is 0. The molecule has 1 N–H and O–H groups in total. The number of aliphatic hydroxyl groups is 1. The van der Waals surface area contributed by atoms with Gasteiger partial charge in [0.1, 0.15) is 18.7 Å². The number of alkyl halides is 12. The first kappa shape index (κ1) is 43.2. The number of halogens is 13. The van der Waals surface area contributed by atoms with Crippen LogP contribution in [0.3, 0.4) is 0 Å². The third kappa shape index (κ3) is 8.51. The van der Waals surface area contributed by atoms with Crippen molar-refractivity contribution in [1.82, 2.24) is 4.98 Å². The molecule has 3 saturated heterocycles.